The van der Waals surface area contributed by atoms with Crippen LogP contribution in [0.3, 0.4) is 0 Å². The Morgan fingerprint density at radius 3 is 2.05 bits per heavy atom. The molecule has 2 aromatic rings. The van der Waals surface area contributed by atoms with Gasteiger partial charge in [-0.05, 0) is 116 Å². The summed E-state index contributed by atoms with van der Waals surface area (Å²) in [4.78, 5) is 13.6. The molecule has 2 saturated carbocycles. The Balaban J connectivity index is 1.30. The van der Waals surface area contributed by atoms with Crippen LogP contribution in [0.25, 0.3) is 11.1 Å². The second-order valence-corrected chi connectivity index (χ2v) is 12.1. The highest BCUT2D eigenvalue weighted by Crippen LogP contribution is 2.40. The summed E-state index contributed by atoms with van der Waals surface area (Å²) in [6, 6.07) is 16.7. The molecule has 37 heavy (non-hydrogen) atoms. The monoisotopic (exact) mass is 499 g/mol. The van der Waals surface area contributed by atoms with Crippen LogP contribution in [-0.2, 0) is 4.79 Å². The number of benzene rings is 2. The summed E-state index contributed by atoms with van der Waals surface area (Å²) < 4.78 is 0. The number of carbonyl (C=O) groups is 1. The first kappa shape index (κ1) is 27.7. The second-order valence-electron chi connectivity index (χ2n) is 12.1. The van der Waals surface area contributed by atoms with Gasteiger partial charge in [0.05, 0.1) is 0 Å². The normalized spacial score (nSPS) is 24.0. The summed E-state index contributed by atoms with van der Waals surface area (Å²) in [6.45, 7) is 9.04. The third kappa shape index (κ3) is 7.37. The van der Waals surface area contributed by atoms with E-state index in [2.05, 4.69) is 62.9 Å². The number of amides is 1. The van der Waals surface area contributed by atoms with Crippen molar-refractivity contribution in [1.29, 1.82) is 0 Å². The van der Waals surface area contributed by atoms with E-state index in [1.807, 2.05) is 11.9 Å². The predicted octanol–water partition coefficient (Wildman–Crippen LogP) is 9.43. The number of aryl methyl sites for hydroxylation is 1. The molecule has 2 fully saturated rings. The van der Waals surface area contributed by atoms with Crippen molar-refractivity contribution in [2.75, 3.05) is 13.6 Å². The number of hydrogen-bond acceptors (Lipinski definition) is 1. The lowest BCUT2D eigenvalue weighted by Crippen LogP contribution is -2.32. The zero-order valence-corrected chi connectivity index (χ0v) is 23.7. The van der Waals surface area contributed by atoms with E-state index in [0.717, 1.165) is 18.4 Å². The Labute approximate surface area is 226 Å². The van der Waals surface area contributed by atoms with E-state index in [-0.39, 0.29) is 5.91 Å². The molecule has 1 amide bonds. The molecule has 0 bridgehead atoms. The standard InChI is InChI=1S/C35H49NO/c1-5-7-8-9-27-10-14-29(15-11-27)30-18-20-32(21-19-30)34-23-22-33(24-26(34)3)31-16-12-28(13-17-31)25-36(4)35(37)6-2/h6,18-24,27-29,31H,2,5,7-17,25H2,1,3-4H3. The van der Waals surface area contributed by atoms with E-state index < -0.39 is 0 Å². The molecule has 0 saturated heterocycles. The minimum Gasteiger partial charge on any atom is -0.342 e. The molecular weight excluding hydrogens is 450 g/mol. The van der Waals surface area contributed by atoms with Crippen LogP contribution in [0.1, 0.15) is 112 Å². The van der Waals surface area contributed by atoms with Crippen LogP contribution < -0.4 is 0 Å². The first-order chi connectivity index (χ1) is 18.0. The molecule has 2 nitrogen and oxygen atoms in total. The van der Waals surface area contributed by atoms with Crippen molar-refractivity contribution in [3.05, 3.63) is 71.8 Å². The van der Waals surface area contributed by atoms with Gasteiger partial charge in [0.15, 0.2) is 0 Å². The van der Waals surface area contributed by atoms with Gasteiger partial charge in [-0.25, -0.2) is 0 Å². The Kier molecular flexibility index (Phi) is 10.1. The Hall–Kier alpha value is -2.35. The maximum absolute atomic E-state index is 11.8. The van der Waals surface area contributed by atoms with Gasteiger partial charge in [0.1, 0.15) is 0 Å². The Bertz CT molecular complexity index is 1010. The van der Waals surface area contributed by atoms with Gasteiger partial charge in [-0.1, -0.05) is 81.7 Å². The summed E-state index contributed by atoms with van der Waals surface area (Å²) in [7, 11) is 1.89. The number of carbonyl (C=O) groups excluding carboxylic acids is 1. The number of rotatable bonds is 10. The topological polar surface area (TPSA) is 20.3 Å². The smallest absolute Gasteiger partial charge is 0.245 e. The minimum atomic E-state index is 0.0338. The van der Waals surface area contributed by atoms with Crippen molar-refractivity contribution in [1.82, 2.24) is 4.90 Å². The molecule has 2 aromatic carbocycles. The molecule has 2 aliphatic rings. The molecule has 2 heteroatoms. The van der Waals surface area contributed by atoms with Gasteiger partial charge in [-0.3, -0.25) is 4.79 Å². The molecule has 200 valence electrons. The second kappa shape index (κ2) is 13.4. The van der Waals surface area contributed by atoms with Crippen LogP contribution in [-0.4, -0.2) is 24.4 Å². The van der Waals surface area contributed by atoms with E-state index >= 15 is 0 Å². The molecule has 4 rings (SSSR count). The molecule has 0 aliphatic heterocycles. The van der Waals surface area contributed by atoms with Gasteiger partial charge in [0.25, 0.3) is 0 Å². The van der Waals surface area contributed by atoms with Gasteiger partial charge in [-0.2, -0.15) is 0 Å². The zero-order valence-electron chi connectivity index (χ0n) is 23.7. The SMILES string of the molecule is C=CC(=O)N(C)CC1CCC(c2ccc(-c3ccc(C4CCC(CCCCC)CC4)cc3)c(C)c2)CC1. The summed E-state index contributed by atoms with van der Waals surface area (Å²) >= 11 is 0. The van der Waals surface area contributed by atoms with Gasteiger partial charge in [-0.15, -0.1) is 0 Å². The maximum atomic E-state index is 11.8. The van der Waals surface area contributed by atoms with Gasteiger partial charge < -0.3 is 4.90 Å². The average molecular weight is 500 g/mol. The van der Waals surface area contributed by atoms with Crippen LogP contribution in [0, 0.1) is 18.8 Å². The van der Waals surface area contributed by atoms with Gasteiger partial charge in [0.2, 0.25) is 5.91 Å². The predicted molar refractivity (Wildman–Crippen MR) is 158 cm³/mol. The van der Waals surface area contributed by atoms with E-state index in [1.165, 1.54) is 105 Å². The fourth-order valence-electron chi connectivity index (χ4n) is 6.98. The van der Waals surface area contributed by atoms with Crippen molar-refractivity contribution in [3.63, 3.8) is 0 Å². The van der Waals surface area contributed by atoms with Crippen molar-refractivity contribution in [2.24, 2.45) is 11.8 Å². The van der Waals surface area contributed by atoms with E-state index in [9.17, 15) is 4.79 Å². The number of nitrogens with zero attached hydrogens (tertiary/aromatic N) is 1. The van der Waals surface area contributed by atoms with Crippen LogP contribution in [0.15, 0.2) is 55.1 Å². The fourth-order valence-corrected chi connectivity index (χ4v) is 6.98. The maximum Gasteiger partial charge on any atom is 0.245 e. The Morgan fingerprint density at radius 1 is 0.865 bits per heavy atom. The molecule has 0 aromatic heterocycles. The minimum absolute atomic E-state index is 0.0338. The third-order valence-electron chi connectivity index (χ3n) is 9.41. The first-order valence-corrected chi connectivity index (χ1v) is 15.1. The Morgan fingerprint density at radius 2 is 1.46 bits per heavy atom. The highest BCUT2D eigenvalue weighted by Gasteiger charge is 2.25. The zero-order chi connectivity index (χ0) is 26.2. The highest BCUT2D eigenvalue weighted by atomic mass is 16.2. The van der Waals surface area contributed by atoms with Crippen molar-refractivity contribution < 1.29 is 4.79 Å². The number of likely N-dealkylation sites (N-methyl/N-ethyl adjacent to an activating group) is 1. The lowest BCUT2D eigenvalue weighted by atomic mass is 9.76. The molecule has 0 heterocycles. The van der Waals surface area contributed by atoms with E-state index in [4.69, 9.17) is 0 Å². The molecule has 2 aliphatic carbocycles. The van der Waals surface area contributed by atoms with Crippen molar-refractivity contribution >= 4 is 5.91 Å². The van der Waals surface area contributed by atoms with Crippen LogP contribution in [0.4, 0.5) is 0 Å². The van der Waals surface area contributed by atoms with Crippen LogP contribution in [0.5, 0.6) is 0 Å². The summed E-state index contributed by atoms with van der Waals surface area (Å²) in [5, 5.41) is 0. The molecule has 0 spiro atoms. The quantitative estimate of drug-likeness (QED) is 0.235. The van der Waals surface area contributed by atoms with Crippen molar-refractivity contribution in [2.45, 2.75) is 103 Å². The molecular formula is C35H49NO. The average Bonchev–Trinajstić information content (AvgIpc) is 2.93. The summed E-state index contributed by atoms with van der Waals surface area (Å²) in [6.07, 6.45) is 17.4. The van der Waals surface area contributed by atoms with Gasteiger partial charge >= 0.3 is 0 Å². The van der Waals surface area contributed by atoms with Crippen molar-refractivity contribution in [3.8, 4) is 11.1 Å². The van der Waals surface area contributed by atoms with E-state index in [1.54, 1.807) is 5.56 Å². The largest absolute Gasteiger partial charge is 0.342 e. The molecule has 0 N–H and O–H groups in total. The molecule has 0 radical (unpaired) electrons. The number of hydrogen-bond donors (Lipinski definition) is 0. The van der Waals surface area contributed by atoms with E-state index in [0.29, 0.717) is 11.8 Å². The van der Waals surface area contributed by atoms with Crippen LogP contribution in [0.2, 0.25) is 0 Å². The summed E-state index contributed by atoms with van der Waals surface area (Å²) in [5.74, 6) is 3.02. The first-order valence-electron chi connectivity index (χ1n) is 15.1. The van der Waals surface area contributed by atoms with Gasteiger partial charge in [0, 0.05) is 13.6 Å². The molecule has 0 unspecified atom stereocenters. The van der Waals surface area contributed by atoms with Crippen LogP contribution >= 0.6 is 0 Å². The number of unbranched alkanes of at least 4 members (excludes halogenated alkanes) is 2. The lowest BCUT2D eigenvalue weighted by molar-refractivity contribution is -0.125. The highest BCUT2D eigenvalue weighted by molar-refractivity contribution is 5.86. The molecule has 0 atom stereocenters. The lowest BCUT2D eigenvalue weighted by Gasteiger charge is -2.31. The fraction of sp³-hybridized carbons (Fsp3) is 0.571. The summed E-state index contributed by atoms with van der Waals surface area (Å²) in [5.41, 5.74) is 7.13. The third-order valence-corrected chi connectivity index (χ3v) is 9.41.